The van der Waals surface area contributed by atoms with E-state index in [4.69, 9.17) is 10.2 Å². The fraction of sp³-hybridized carbons (Fsp3) is 0.160. The van der Waals surface area contributed by atoms with Crippen molar-refractivity contribution in [1.29, 1.82) is 0 Å². The molecule has 166 valence electrons. The van der Waals surface area contributed by atoms with Crippen LogP contribution in [0.3, 0.4) is 0 Å². The topological polar surface area (TPSA) is 90.2 Å². The summed E-state index contributed by atoms with van der Waals surface area (Å²) in [5, 5.41) is 7.88. The number of anilines is 2. The Morgan fingerprint density at radius 3 is 2.58 bits per heavy atom. The first-order chi connectivity index (χ1) is 16.1. The number of rotatable bonds is 6. The SMILES string of the molecule is CCN(CC)c1ccc2oc(=O)c(-c3csc(-n4nc(-c5ccccc5)cc4N)n3)cc2c1. The third kappa shape index (κ3) is 3.89. The van der Waals surface area contributed by atoms with Crippen molar-refractivity contribution >= 4 is 33.8 Å². The monoisotopic (exact) mass is 457 g/mol. The van der Waals surface area contributed by atoms with E-state index in [9.17, 15) is 4.79 Å². The van der Waals surface area contributed by atoms with E-state index in [1.165, 1.54) is 11.3 Å². The normalized spacial score (nSPS) is 11.2. The van der Waals surface area contributed by atoms with Crippen LogP contribution in [-0.4, -0.2) is 27.9 Å². The predicted molar refractivity (Wildman–Crippen MR) is 134 cm³/mol. The molecule has 2 aromatic carbocycles. The van der Waals surface area contributed by atoms with Crippen molar-refractivity contribution in [2.75, 3.05) is 23.7 Å². The fourth-order valence-corrected chi connectivity index (χ4v) is 4.65. The number of benzene rings is 2. The number of nitrogens with two attached hydrogens (primary N) is 1. The van der Waals surface area contributed by atoms with E-state index in [0.29, 0.717) is 27.8 Å². The predicted octanol–water partition coefficient (Wildman–Crippen LogP) is 5.20. The lowest BCUT2D eigenvalue weighted by atomic mass is 10.1. The molecule has 0 unspecified atom stereocenters. The maximum absolute atomic E-state index is 12.7. The van der Waals surface area contributed by atoms with Gasteiger partial charge >= 0.3 is 5.63 Å². The number of hydrogen-bond donors (Lipinski definition) is 1. The second-order valence-corrected chi connectivity index (χ2v) is 8.43. The minimum absolute atomic E-state index is 0.413. The van der Waals surface area contributed by atoms with Crippen LogP contribution in [0.2, 0.25) is 0 Å². The van der Waals surface area contributed by atoms with Crippen LogP contribution in [-0.2, 0) is 0 Å². The van der Waals surface area contributed by atoms with Crippen molar-refractivity contribution in [3.63, 3.8) is 0 Å². The number of fused-ring (bicyclic) bond motifs is 1. The van der Waals surface area contributed by atoms with Gasteiger partial charge in [-0.25, -0.2) is 9.78 Å². The summed E-state index contributed by atoms with van der Waals surface area (Å²) in [5.41, 5.74) is 10.1. The highest BCUT2D eigenvalue weighted by molar-refractivity contribution is 7.12. The molecule has 0 aliphatic heterocycles. The number of nitrogens with zero attached hydrogens (tertiary/aromatic N) is 4. The summed E-state index contributed by atoms with van der Waals surface area (Å²) in [5.74, 6) is 0.476. The molecule has 0 bridgehead atoms. The van der Waals surface area contributed by atoms with Gasteiger partial charge in [0, 0.05) is 41.2 Å². The molecule has 0 atom stereocenters. The van der Waals surface area contributed by atoms with Gasteiger partial charge in [-0.05, 0) is 38.1 Å². The second kappa shape index (κ2) is 8.55. The van der Waals surface area contributed by atoms with Crippen LogP contribution in [0.15, 0.2) is 75.3 Å². The summed E-state index contributed by atoms with van der Waals surface area (Å²) in [4.78, 5) is 19.6. The third-order valence-corrected chi connectivity index (χ3v) is 6.42. The van der Waals surface area contributed by atoms with E-state index in [2.05, 4.69) is 28.8 Å². The molecule has 33 heavy (non-hydrogen) atoms. The Balaban J connectivity index is 1.53. The standard InChI is InChI=1S/C25H23N5O2S/c1-3-29(4-2)18-10-11-22-17(12-18)13-19(24(31)32-22)21-15-33-25(27-21)30-23(26)14-20(28-30)16-8-6-5-7-9-16/h5-15H,3-4,26H2,1-2H3. The highest BCUT2D eigenvalue weighted by Crippen LogP contribution is 2.29. The maximum atomic E-state index is 12.7. The van der Waals surface area contributed by atoms with Gasteiger partial charge in [0.2, 0.25) is 5.13 Å². The van der Waals surface area contributed by atoms with Gasteiger partial charge in [-0.1, -0.05) is 30.3 Å². The summed E-state index contributed by atoms with van der Waals surface area (Å²) in [6.07, 6.45) is 0. The zero-order chi connectivity index (χ0) is 22.9. The van der Waals surface area contributed by atoms with E-state index in [0.717, 1.165) is 35.4 Å². The molecule has 0 saturated carbocycles. The fourth-order valence-electron chi connectivity index (χ4n) is 3.86. The molecular formula is C25H23N5O2S. The van der Waals surface area contributed by atoms with Gasteiger partial charge in [0.1, 0.15) is 11.4 Å². The first-order valence-electron chi connectivity index (χ1n) is 10.8. The highest BCUT2D eigenvalue weighted by atomic mass is 32.1. The Bertz CT molecular complexity index is 1480. The number of aromatic nitrogens is 3. The maximum Gasteiger partial charge on any atom is 0.345 e. The molecule has 3 heterocycles. The molecule has 0 saturated heterocycles. The molecule has 0 aliphatic rings. The summed E-state index contributed by atoms with van der Waals surface area (Å²) in [6.45, 7) is 6.03. The zero-order valence-electron chi connectivity index (χ0n) is 18.4. The minimum atomic E-state index is -0.423. The van der Waals surface area contributed by atoms with E-state index in [-0.39, 0.29) is 0 Å². The molecule has 5 rings (SSSR count). The quantitative estimate of drug-likeness (QED) is 0.353. The highest BCUT2D eigenvalue weighted by Gasteiger charge is 2.16. The molecule has 8 heteroatoms. The van der Waals surface area contributed by atoms with E-state index < -0.39 is 5.63 Å². The smallest absolute Gasteiger partial charge is 0.345 e. The van der Waals surface area contributed by atoms with Crippen LogP contribution in [0, 0.1) is 0 Å². The van der Waals surface area contributed by atoms with Crippen LogP contribution in [0.1, 0.15) is 13.8 Å². The minimum Gasteiger partial charge on any atom is -0.422 e. The summed E-state index contributed by atoms with van der Waals surface area (Å²) in [6, 6.07) is 19.3. The van der Waals surface area contributed by atoms with Gasteiger partial charge in [0.05, 0.1) is 17.0 Å². The lowest BCUT2D eigenvalue weighted by Crippen LogP contribution is -2.21. The molecule has 2 N–H and O–H groups in total. The largest absolute Gasteiger partial charge is 0.422 e. The van der Waals surface area contributed by atoms with Crippen molar-refractivity contribution in [1.82, 2.24) is 14.8 Å². The van der Waals surface area contributed by atoms with Gasteiger partial charge in [-0.3, -0.25) is 0 Å². The first kappa shape index (κ1) is 21.0. The molecule has 7 nitrogen and oxygen atoms in total. The average molecular weight is 458 g/mol. The number of thiazole rings is 1. The van der Waals surface area contributed by atoms with Gasteiger partial charge in [0.25, 0.3) is 0 Å². The lowest BCUT2D eigenvalue weighted by Gasteiger charge is -2.21. The van der Waals surface area contributed by atoms with Gasteiger partial charge < -0.3 is 15.1 Å². The molecule has 0 radical (unpaired) electrons. The zero-order valence-corrected chi connectivity index (χ0v) is 19.2. The van der Waals surface area contributed by atoms with Crippen molar-refractivity contribution in [3.8, 4) is 27.6 Å². The van der Waals surface area contributed by atoms with E-state index in [1.807, 2.05) is 66.0 Å². The van der Waals surface area contributed by atoms with Crippen molar-refractivity contribution < 1.29 is 4.42 Å². The van der Waals surface area contributed by atoms with Crippen LogP contribution >= 0.6 is 11.3 Å². The molecule has 0 fully saturated rings. The number of hydrogen-bond acceptors (Lipinski definition) is 7. The van der Waals surface area contributed by atoms with E-state index in [1.54, 1.807) is 4.68 Å². The molecule has 0 aliphatic carbocycles. The van der Waals surface area contributed by atoms with Crippen molar-refractivity contribution in [2.24, 2.45) is 0 Å². The van der Waals surface area contributed by atoms with Crippen LogP contribution in [0.25, 0.3) is 38.6 Å². The van der Waals surface area contributed by atoms with E-state index >= 15 is 0 Å². The van der Waals surface area contributed by atoms with Crippen LogP contribution < -0.4 is 16.3 Å². The molecule has 5 aromatic rings. The van der Waals surface area contributed by atoms with Gasteiger partial charge in [0.15, 0.2) is 0 Å². The average Bonchev–Trinajstić information content (AvgIpc) is 3.47. The van der Waals surface area contributed by atoms with Gasteiger partial charge in [-0.15, -0.1) is 11.3 Å². The molecule has 0 amide bonds. The Labute approximate surface area is 194 Å². The van der Waals surface area contributed by atoms with Crippen LogP contribution in [0.4, 0.5) is 11.5 Å². The van der Waals surface area contributed by atoms with Gasteiger partial charge in [-0.2, -0.15) is 9.78 Å². The molecule has 0 spiro atoms. The summed E-state index contributed by atoms with van der Waals surface area (Å²) >= 11 is 1.37. The summed E-state index contributed by atoms with van der Waals surface area (Å²) < 4.78 is 7.19. The Morgan fingerprint density at radius 1 is 1.03 bits per heavy atom. The summed E-state index contributed by atoms with van der Waals surface area (Å²) in [7, 11) is 0. The molecular weight excluding hydrogens is 434 g/mol. The number of nitrogen functional groups attached to an aromatic ring is 1. The van der Waals surface area contributed by atoms with Crippen LogP contribution in [0.5, 0.6) is 0 Å². The lowest BCUT2D eigenvalue weighted by molar-refractivity contribution is 0.563. The molecule has 3 aromatic heterocycles. The third-order valence-electron chi connectivity index (χ3n) is 5.60. The van der Waals surface area contributed by atoms with Crippen molar-refractivity contribution in [3.05, 3.63) is 76.5 Å². The Kier molecular flexibility index (Phi) is 5.43. The Morgan fingerprint density at radius 2 is 1.82 bits per heavy atom. The van der Waals surface area contributed by atoms with Crippen molar-refractivity contribution in [2.45, 2.75) is 13.8 Å². The second-order valence-electron chi connectivity index (χ2n) is 7.59. The Hall–Kier alpha value is -3.91. The first-order valence-corrected chi connectivity index (χ1v) is 11.7.